The monoisotopic (exact) mass is 1050 g/mol. The molecule has 76 heavy (non-hydrogen) atoms. The lowest BCUT2D eigenvalue weighted by atomic mass is 9.98. The van der Waals surface area contributed by atoms with Gasteiger partial charge in [0.25, 0.3) is 0 Å². The first-order chi connectivity index (χ1) is 36.4. The van der Waals surface area contributed by atoms with Crippen LogP contribution in [0.25, 0.3) is 10.8 Å². The van der Waals surface area contributed by atoms with Gasteiger partial charge in [0.05, 0.1) is 13.2 Å². The molecule has 4 aromatic rings. The van der Waals surface area contributed by atoms with Crippen molar-refractivity contribution >= 4 is 58.1 Å². The molecule has 1 heterocycles. The summed E-state index contributed by atoms with van der Waals surface area (Å²) in [6.07, 6.45) is 2.21. The van der Waals surface area contributed by atoms with Crippen molar-refractivity contribution in [1.29, 1.82) is 0 Å². The van der Waals surface area contributed by atoms with Crippen molar-refractivity contribution in [3.63, 3.8) is 0 Å². The van der Waals surface area contributed by atoms with Gasteiger partial charge in [-0.15, -0.1) is 0 Å². The zero-order valence-electron chi connectivity index (χ0n) is 44.5. The molecule has 0 aliphatic carbocycles. The van der Waals surface area contributed by atoms with Crippen LogP contribution in [0.5, 0.6) is 5.75 Å². The molecule has 5 rings (SSSR count). The molecule has 1 fully saturated rings. The zero-order chi connectivity index (χ0) is 55.1. The number of aliphatic imine (C=N–C) groups is 1. The molecule has 0 spiro atoms. The number of aromatic hydroxyl groups is 1. The number of fused-ring (bicyclic) bond motifs is 1. The number of phenols is 1. The largest absolute Gasteiger partial charge is 0.508 e. The first-order valence-corrected chi connectivity index (χ1v) is 26.4. The van der Waals surface area contributed by atoms with Crippen LogP contribution in [0.1, 0.15) is 96.3 Å². The molecule has 6 atom stereocenters. The van der Waals surface area contributed by atoms with E-state index in [1.165, 1.54) is 17.0 Å². The van der Waals surface area contributed by atoms with Gasteiger partial charge in [0, 0.05) is 32.5 Å². The van der Waals surface area contributed by atoms with Crippen LogP contribution in [0.3, 0.4) is 0 Å². The summed E-state index contributed by atoms with van der Waals surface area (Å²) in [6, 6.07) is 22.5. The molecule has 1 unspecified atom stereocenters. The van der Waals surface area contributed by atoms with E-state index in [1.807, 2.05) is 100 Å². The molecule has 0 bridgehead atoms. The molecule has 19 nitrogen and oxygen atoms in total. The SMILES string of the molecule is CCNC(=O)C1CCCN1C(=O)[C@H](CCCN=C(N)N)NC(=O)[C@H](CC(C)C)NC(=O)[C@@H](CC(C)C)NC(=O)[C@H](Cc1ccc(O)cc1)NC(=O)[C@H](COCc1ccccc1)NC(=O)CCc1cccc2ccccc12. The van der Waals surface area contributed by atoms with Crippen molar-refractivity contribution in [3.8, 4) is 5.75 Å². The van der Waals surface area contributed by atoms with Crippen LogP contribution in [0.15, 0.2) is 102 Å². The summed E-state index contributed by atoms with van der Waals surface area (Å²) in [5.74, 6) is -4.27. The average Bonchev–Trinajstić information content (AvgIpc) is 3.89. The molecule has 410 valence electrons. The maximum absolute atomic E-state index is 14.6. The highest BCUT2D eigenvalue weighted by molar-refractivity contribution is 5.97. The Morgan fingerprint density at radius 1 is 0.697 bits per heavy atom. The Morgan fingerprint density at radius 2 is 1.29 bits per heavy atom. The molecule has 4 aromatic carbocycles. The van der Waals surface area contributed by atoms with Gasteiger partial charge >= 0.3 is 0 Å². The summed E-state index contributed by atoms with van der Waals surface area (Å²) >= 11 is 0. The number of nitrogens with zero attached hydrogens (tertiary/aromatic N) is 2. The summed E-state index contributed by atoms with van der Waals surface area (Å²) in [5.41, 5.74) is 13.5. The third-order valence-electron chi connectivity index (χ3n) is 13.0. The number of ether oxygens (including phenoxy) is 1. The van der Waals surface area contributed by atoms with Crippen LogP contribution < -0.4 is 43.4 Å². The topological polar surface area (TPSA) is 289 Å². The molecular formula is C57H78N10O9. The van der Waals surface area contributed by atoms with Gasteiger partial charge in [0.1, 0.15) is 42.0 Å². The van der Waals surface area contributed by atoms with E-state index in [9.17, 15) is 38.7 Å². The number of benzene rings is 4. The van der Waals surface area contributed by atoms with Crippen molar-refractivity contribution in [3.05, 3.63) is 114 Å². The van der Waals surface area contributed by atoms with E-state index in [2.05, 4.69) is 36.9 Å². The molecule has 1 aliphatic rings. The third kappa shape index (κ3) is 19.0. The maximum atomic E-state index is 14.6. The number of aryl methyl sites for hydroxylation is 1. The minimum Gasteiger partial charge on any atom is -0.508 e. The lowest BCUT2D eigenvalue weighted by molar-refractivity contribution is -0.142. The van der Waals surface area contributed by atoms with Gasteiger partial charge in [-0.05, 0) is 103 Å². The van der Waals surface area contributed by atoms with Gasteiger partial charge in [-0.1, -0.05) is 113 Å². The number of amides is 7. The first kappa shape index (κ1) is 59.3. The Bertz CT molecular complexity index is 2580. The fourth-order valence-corrected chi connectivity index (χ4v) is 9.21. The van der Waals surface area contributed by atoms with Crippen LogP contribution in [0.2, 0.25) is 0 Å². The van der Waals surface area contributed by atoms with Crippen molar-refractivity contribution in [2.75, 3.05) is 26.2 Å². The van der Waals surface area contributed by atoms with Gasteiger partial charge < -0.3 is 58.1 Å². The molecule has 1 aliphatic heterocycles. The van der Waals surface area contributed by atoms with Crippen LogP contribution in [-0.4, -0.2) is 120 Å². The molecule has 7 amide bonds. The number of hydrogen-bond donors (Lipinski definition) is 9. The highest BCUT2D eigenvalue weighted by atomic mass is 16.5. The first-order valence-electron chi connectivity index (χ1n) is 26.4. The summed E-state index contributed by atoms with van der Waals surface area (Å²) in [7, 11) is 0. The van der Waals surface area contributed by atoms with Crippen LogP contribution >= 0.6 is 0 Å². The Balaban J connectivity index is 1.36. The minimum absolute atomic E-state index is 0.00877. The van der Waals surface area contributed by atoms with E-state index < -0.39 is 71.7 Å². The fourth-order valence-electron chi connectivity index (χ4n) is 9.21. The Kier molecular flexibility index (Phi) is 23.5. The predicted molar refractivity (Wildman–Crippen MR) is 292 cm³/mol. The summed E-state index contributed by atoms with van der Waals surface area (Å²) in [5, 5.41) is 29.2. The number of nitrogens with one attached hydrogen (secondary N) is 6. The Hall–Kier alpha value is -7.54. The quantitative estimate of drug-likeness (QED) is 0.0215. The van der Waals surface area contributed by atoms with Crippen LogP contribution in [-0.2, 0) is 57.7 Å². The molecule has 19 heteroatoms. The van der Waals surface area contributed by atoms with E-state index in [1.54, 1.807) is 19.1 Å². The van der Waals surface area contributed by atoms with Gasteiger partial charge in [-0.3, -0.25) is 38.6 Å². The number of likely N-dealkylation sites (N-methyl/N-ethyl adjacent to an activating group) is 1. The highest BCUT2D eigenvalue weighted by Gasteiger charge is 2.39. The summed E-state index contributed by atoms with van der Waals surface area (Å²) < 4.78 is 6.00. The van der Waals surface area contributed by atoms with Gasteiger partial charge in [0.2, 0.25) is 41.4 Å². The molecule has 1 saturated heterocycles. The Morgan fingerprint density at radius 3 is 1.93 bits per heavy atom. The van der Waals surface area contributed by atoms with Crippen molar-refractivity contribution in [1.82, 2.24) is 36.8 Å². The number of phenolic OH excluding ortho intramolecular Hbond substituents is 1. The minimum atomic E-state index is -1.31. The van der Waals surface area contributed by atoms with Gasteiger partial charge in [0.15, 0.2) is 5.96 Å². The van der Waals surface area contributed by atoms with Crippen molar-refractivity contribution < 1.29 is 43.4 Å². The van der Waals surface area contributed by atoms with Crippen LogP contribution in [0, 0.1) is 11.8 Å². The predicted octanol–water partition coefficient (Wildman–Crippen LogP) is 3.63. The van der Waals surface area contributed by atoms with Gasteiger partial charge in [-0.25, -0.2) is 0 Å². The maximum Gasteiger partial charge on any atom is 0.245 e. The number of rotatable bonds is 29. The Labute approximate surface area is 446 Å². The zero-order valence-corrected chi connectivity index (χ0v) is 44.5. The summed E-state index contributed by atoms with van der Waals surface area (Å²) in [6.45, 7) is 10.1. The van der Waals surface area contributed by atoms with Crippen molar-refractivity contribution in [2.24, 2.45) is 28.3 Å². The molecular weight excluding hydrogens is 969 g/mol. The van der Waals surface area contributed by atoms with E-state index in [4.69, 9.17) is 16.2 Å². The number of likely N-dealkylation sites (tertiary alicyclic amines) is 1. The molecule has 0 saturated carbocycles. The van der Waals surface area contributed by atoms with E-state index in [-0.39, 0.29) is 81.3 Å². The van der Waals surface area contributed by atoms with Crippen molar-refractivity contribution in [2.45, 2.75) is 135 Å². The number of nitrogens with two attached hydrogens (primary N) is 2. The van der Waals surface area contributed by atoms with E-state index in [0.717, 1.165) is 21.9 Å². The van der Waals surface area contributed by atoms with E-state index in [0.29, 0.717) is 44.3 Å². The smallest absolute Gasteiger partial charge is 0.245 e. The van der Waals surface area contributed by atoms with E-state index >= 15 is 0 Å². The molecule has 0 radical (unpaired) electrons. The molecule has 0 aromatic heterocycles. The number of carbonyl (C=O) groups excluding carboxylic acids is 7. The number of carbonyl (C=O) groups is 7. The number of hydrogen-bond acceptors (Lipinski definition) is 10. The van der Waals surface area contributed by atoms with Gasteiger partial charge in [-0.2, -0.15) is 0 Å². The average molecular weight is 1050 g/mol. The standard InChI is InChI=1S/C57H78N10O9/c1-6-60-55(74)49-22-14-30-67(49)56(75)44(21-13-29-61-57(58)59)63-51(70)45(31-36(2)3)64-52(71)46(32-37(4)5)65-53(72)47(33-38-23-26-42(68)27-24-38)66-54(73)48(35-76-34-39-15-8-7-9-16-39)62-50(69)28-25-41-19-12-18-40-17-10-11-20-43(40)41/h7-12,15-20,23-24,26-27,36-37,44-49,68H,6,13-14,21-22,25,28-35H2,1-5H3,(H,60,74)(H,62,69)(H,63,70)(H,64,71)(H,65,72)(H,66,73)(H4,58,59,61)/t44-,45-,46+,47-,48-,49?/m0/s1. The second kappa shape index (κ2) is 30.1. The third-order valence-corrected chi connectivity index (χ3v) is 13.0. The van der Waals surface area contributed by atoms with Crippen LogP contribution in [0.4, 0.5) is 0 Å². The normalized spacial score (nSPS) is 15.2. The fraction of sp³-hybridized carbons (Fsp3) is 0.474. The lowest BCUT2D eigenvalue weighted by Crippen LogP contribution is -2.60. The molecule has 11 N–H and O–H groups in total. The highest BCUT2D eigenvalue weighted by Crippen LogP contribution is 2.22. The second-order valence-corrected chi connectivity index (χ2v) is 20.2. The summed E-state index contributed by atoms with van der Waals surface area (Å²) in [4.78, 5) is 104. The number of guanidine groups is 1. The second-order valence-electron chi connectivity index (χ2n) is 20.2. The lowest BCUT2D eigenvalue weighted by Gasteiger charge is -2.31.